The summed E-state index contributed by atoms with van der Waals surface area (Å²) >= 11 is 5.94. The van der Waals surface area contributed by atoms with Gasteiger partial charge in [-0.25, -0.2) is 0 Å². The van der Waals surface area contributed by atoms with E-state index in [4.69, 9.17) is 26.3 Å². The summed E-state index contributed by atoms with van der Waals surface area (Å²) in [4.78, 5) is 0. The predicted octanol–water partition coefficient (Wildman–Crippen LogP) is 3.73. The van der Waals surface area contributed by atoms with Gasteiger partial charge in [0, 0.05) is 29.3 Å². The number of rotatable bonds is 5. The molecule has 0 bridgehead atoms. The van der Waals surface area contributed by atoms with E-state index in [1.807, 2.05) is 19.2 Å². The largest absolute Gasteiger partial charge is 0.496 e. The van der Waals surface area contributed by atoms with E-state index in [-0.39, 0.29) is 0 Å². The summed E-state index contributed by atoms with van der Waals surface area (Å²) in [6.45, 7) is 0.698. The van der Waals surface area contributed by atoms with E-state index in [2.05, 4.69) is 11.4 Å². The van der Waals surface area contributed by atoms with Gasteiger partial charge in [-0.2, -0.15) is 5.26 Å². The highest BCUT2D eigenvalue weighted by Gasteiger charge is 2.09. The second-order valence-corrected chi connectivity index (χ2v) is 4.79. The highest BCUT2D eigenvalue weighted by Crippen LogP contribution is 2.31. The first-order valence-electron chi connectivity index (χ1n) is 6.37. The Balaban J connectivity index is 2.32. The molecule has 0 aliphatic heterocycles. The number of nitrogens with zero attached hydrogens (tertiary/aromatic N) is 1. The molecule has 2 rings (SSSR count). The Kier molecular flexibility index (Phi) is 5.04. The van der Waals surface area contributed by atoms with Crippen molar-refractivity contribution in [3.63, 3.8) is 0 Å². The van der Waals surface area contributed by atoms with E-state index in [0.717, 1.165) is 11.3 Å². The third-order valence-corrected chi connectivity index (χ3v) is 3.15. The minimum Gasteiger partial charge on any atom is -0.496 e. The molecule has 0 radical (unpaired) electrons. The fourth-order valence-electron chi connectivity index (χ4n) is 1.92. The van der Waals surface area contributed by atoms with Crippen molar-refractivity contribution in [3.8, 4) is 23.3 Å². The number of nitrogens with one attached hydrogen (secondary N) is 1. The Labute approximate surface area is 128 Å². The Hall–Kier alpha value is -2.22. The molecule has 0 spiro atoms. The van der Waals surface area contributed by atoms with Crippen molar-refractivity contribution in [1.29, 1.82) is 5.26 Å². The zero-order chi connectivity index (χ0) is 15.2. The van der Waals surface area contributed by atoms with E-state index >= 15 is 0 Å². The molecular formula is C16H15ClN2O2. The summed E-state index contributed by atoms with van der Waals surface area (Å²) in [6.07, 6.45) is 0. The minimum absolute atomic E-state index is 0.424. The van der Waals surface area contributed by atoms with Crippen LogP contribution in [0.2, 0.25) is 5.02 Å². The standard InChI is InChI=1S/C16H15ClN2O2/c1-19-10-12-4-6-14(8-15(12)20-2)21-16-7-13(17)5-3-11(16)9-18/h3-8,19H,10H2,1-2H3. The molecule has 0 amide bonds. The van der Waals surface area contributed by atoms with E-state index in [9.17, 15) is 0 Å². The van der Waals surface area contributed by atoms with Crippen LogP contribution in [0.25, 0.3) is 0 Å². The molecule has 0 aromatic heterocycles. The molecule has 0 heterocycles. The summed E-state index contributed by atoms with van der Waals surface area (Å²) in [5, 5.41) is 12.7. The second kappa shape index (κ2) is 6.98. The van der Waals surface area contributed by atoms with Crippen LogP contribution < -0.4 is 14.8 Å². The van der Waals surface area contributed by atoms with Gasteiger partial charge in [0.2, 0.25) is 0 Å². The molecule has 0 atom stereocenters. The van der Waals surface area contributed by atoms with Crippen LogP contribution in [-0.4, -0.2) is 14.2 Å². The van der Waals surface area contributed by atoms with Crippen LogP contribution in [0.3, 0.4) is 0 Å². The van der Waals surface area contributed by atoms with Gasteiger partial charge in [0.25, 0.3) is 0 Å². The third kappa shape index (κ3) is 3.66. The van der Waals surface area contributed by atoms with Crippen LogP contribution >= 0.6 is 11.6 Å². The van der Waals surface area contributed by atoms with E-state index in [1.54, 1.807) is 31.4 Å². The van der Waals surface area contributed by atoms with Crippen LogP contribution in [0.5, 0.6) is 17.2 Å². The number of hydrogen-bond acceptors (Lipinski definition) is 4. The maximum Gasteiger partial charge on any atom is 0.146 e. The van der Waals surface area contributed by atoms with Gasteiger partial charge >= 0.3 is 0 Å². The molecule has 2 aromatic rings. The fraction of sp³-hybridized carbons (Fsp3) is 0.188. The molecule has 0 aliphatic carbocycles. The van der Waals surface area contributed by atoms with Crippen LogP contribution in [0.15, 0.2) is 36.4 Å². The van der Waals surface area contributed by atoms with E-state index < -0.39 is 0 Å². The Morgan fingerprint density at radius 3 is 2.67 bits per heavy atom. The first-order chi connectivity index (χ1) is 10.2. The van der Waals surface area contributed by atoms with Crippen molar-refractivity contribution in [2.24, 2.45) is 0 Å². The molecule has 2 aromatic carbocycles. The lowest BCUT2D eigenvalue weighted by molar-refractivity contribution is 0.403. The molecule has 1 N–H and O–H groups in total. The summed E-state index contributed by atoms with van der Waals surface area (Å²) in [5.41, 5.74) is 1.46. The molecule has 5 heteroatoms. The zero-order valence-electron chi connectivity index (χ0n) is 11.8. The lowest BCUT2D eigenvalue weighted by atomic mass is 10.2. The molecule has 21 heavy (non-hydrogen) atoms. The highest BCUT2D eigenvalue weighted by molar-refractivity contribution is 6.30. The number of benzene rings is 2. The van der Waals surface area contributed by atoms with Gasteiger partial charge in [0.05, 0.1) is 12.7 Å². The molecule has 108 valence electrons. The average Bonchev–Trinajstić information content (AvgIpc) is 2.49. The summed E-state index contributed by atoms with van der Waals surface area (Å²) in [7, 11) is 3.48. The van der Waals surface area contributed by atoms with E-state index in [1.165, 1.54) is 0 Å². The smallest absolute Gasteiger partial charge is 0.146 e. The van der Waals surface area contributed by atoms with Gasteiger partial charge in [-0.05, 0) is 25.2 Å². The molecule has 0 unspecified atom stereocenters. The van der Waals surface area contributed by atoms with E-state index in [0.29, 0.717) is 28.6 Å². The Morgan fingerprint density at radius 2 is 2.00 bits per heavy atom. The molecule has 4 nitrogen and oxygen atoms in total. The first-order valence-corrected chi connectivity index (χ1v) is 6.74. The van der Waals surface area contributed by atoms with Crippen molar-refractivity contribution < 1.29 is 9.47 Å². The monoisotopic (exact) mass is 302 g/mol. The summed E-state index contributed by atoms with van der Waals surface area (Å²) < 4.78 is 11.1. The van der Waals surface area contributed by atoms with Crippen molar-refractivity contribution in [1.82, 2.24) is 5.32 Å². The van der Waals surface area contributed by atoms with Gasteiger partial charge < -0.3 is 14.8 Å². The Morgan fingerprint density at radius 1 is 1.19 bits per heavy atom. The first kappa shape index (κ1) is 15.2. The minimum atomic E-state index is 0.424. The third-order valence-electron chi connectivity index (χ3n) is 2.92. The van der Waals surface area contributed by atoms with Gasteiger partial charge in [-0.15, -0.1) is 0 Å². The fourth-order valence-corrected chi connectivity index (χ4v) is 2.09. The van der Waals surface area contributed by atoms with Crippen LogP contribution in [-0.2, 0) is 6.54 Å². The number of hydrogen-bond donors (Lipinski definition) is 1. The normalized spacial score (nSPS) is 10.0. The zero-order valence-corrected chi connectivity index (χ0v) is 12.6. The second-order valence-electron chi connectivity index (χ2n) is 4.36. The average molecular weight is 303 g/mol. The van der Waals surface area contributed by atoms with Gasteiger partial charge in [-0.1, -0.05) is 17.7 Å². The van der Waals surface area contributed by atoms with Crippen molar-refractivity contribution >= 4 is 11.6 Å². The van der Waals surface area contributed by atoms with Gasteiger partial charge in [0.15, 0.2) is 0 Å². The predicted molar refractivity (Wildman–Crippen MR) is 82.0 cm³/mol. The van der Waals surface area contributed by atoms with Crippen molar-refractivity contribution in [2.45, 2.75) is 6.54 Å². The molecule has 0 saturated heterocycles. The Bertz CT molecular complexity index is 680. The maximum atomic E-state index is 9.10. The quantitative estimate of drug-likeness (QED) is 0.914. The van der Waals surface area contributed by atoms with Crippen LogP contribution in [0.1, 0.15) is 11.1 Å². The number of methoxy groups -OCH3 is 1. The van der Waals surface area contributed by atoms with Crippen LogP contribution in [0.4, 0.5) is 0 Å². The SMILES string of the molecule is CNCc1ccc(Oc2cc(Cl)ccc2C#N)cc1OC. The van der Waals surface area contributed by atoms with Crippen LogP contribution in [0, 0.1) is 11.3 Å². The molecule has 0 saturated carbocycles. The summed E-state index contributed by atoms with van der Waals surface area (Å²) in [6, 6.07) is 12.5. The lowest BCUT2D eigenvalue weighted by Gasteiger charge is -2.12. The number of ether oxygens (including phenoxy) is 2. The maximum absolute atomic E-state index is 9.10. The molecular weight excluding hydrogens is 288 g/mol. The van der Waals surface area contributed by atoms with Crippen molar-refractivity contribution in [2.75, 3.05) is 14.2 Å². The molecule has 0 aliphatic rings. The topological polar surface area (TPSA) is 54.3 Å². The molecule has 0 fully saturated rings. The van der Waals surface area contributed by atoms with Gasteiger partial charge in [-0.3, -0.25) is 0 Å². The highest BCUT2D eigenvalue weighted by atomic mass is 35.5. The number of nitriles is 1. The van der Waals surface area contributed by atoms with Gasteiger partial charge in [0.1, 0.15) is 23.3 Å². The van der Waals surface area contributed by atoms with Crippen molar-refractivity contribution in [3.05, 3.63) is 52.5 Å². The lowest BCUT2D eigenvalue weighted by Crippen LogP contribution is -2.06. The number of halogens is 1. The summed E-state index contributed by atoms with van der Waals surface area (Å²) in [5.74, 6) is 1.74.